The lowest BCUT2D eigenvalue weighted by atomic mass is 10.1. The van der Waals surface area contributed by atoms with Gasteiger partial charge < -0.3 is 19.5 Å². The average molecular weight is 308 g/mol. The van der Waals surface area contributed by atoms with Gasteiger partial charge in [-0.25, -0.2) is 4.98 Å². The summed E-state index contributed by atoms with van der Waals surface area (Å²) >= 11 is 1.64. The van der Waals surface area contributed by atoms with Crippen LogP contribution in [0.5, 0.6) is 17.2 Å². The molecular formula is C15H20N2O3S. The maximum atomic E-state index is 5.36. The lowest BCUT2D eigenvalue weighted by molar-refractivity contribution is 0.323. The number of aromatic nitrogens is 1. The first-order valence-electron chi connectivity index (χ1n) is 6.61. The van der Waals surface area contributed by atoms with Crippen LogP contribution in [0.3, 0.4) is 0 Å². The normalized spacial score (nSPS) is 12.0. The monoisotopic (exact) mass is 308 g/mol. The van der Waals surface area contributed by atoms with E-state index >= 15 is 0 Å². The summed E-state index contributed by atoms with van der Waals surface area (Å²) in [7, 11) is 4.84. The van der Waals surface area contributed by atoms with Crippen molar-refractivity contribution in [3.05, 3.63) is 34.3 Å². The Hall–Kier alpha value is -1.79. The minimum Gasteiger partial charge on any atom is -0.493 e. The van der Waals surface area contributed by atoms with E-state index in [4.69, 9.17) is 14.2 Å². The fraction of sp³-hybridized carbons (Fsp3) is 0.400. The zero-order chi connectivity index (χ0) is 15.2. The molecule has 0 bridgehead atoms. The topological polar surface area (TPSA) is 52.6 Å². The number of rotatable bonds is 7. The molecule has 0 aliphatic rings. The molecule has 2 aromatic rings. The van der Waals surface area contributed by atoms with Gasteiger partial charge in [-0.1, -0.05) is 0 Å². The fourth-order valence-corrected chi connectivity index (χ4v) is 2.71. The Morgan fingerprint density at radius 2 is 1.81 bits per heavy atom. The van der Waals surface area contributed by atoms with Crippen molar-refractivity contribution >= 4 is 11.3 Å². The van der Waals surface area contributed by atoms with Gasteiger partial charge in [0.2, 0.25) is 5.75 Å². The summed E-state index contributed by atoms with van der Waals surface area (Å²) in [5.41, 5.74) is 1.06. The van der Waals surface area contributed by atoms with Gasteiger partial charge in [-0.15, -0.1) is 11.3 Å². The molecular weight excluding hydrogens is 288 g/mol. The van der Waals surface area contributed by atoms with Crippen LogP contribution < -0.4 is 19.5 Å². The Morgan fingerprint density at radius 3 is 2.29 bits per heavy atom. The molecule has 114 valence electrons. The van der Waals surface area contributed by atoms with E-state index in [0.29, 0.717) is 23.8 Å². The van der Waals surface area contributed by atoms with Crippen molar-refractivity contribution in [3.63, 3.8) is 0 Å². The molecule has 21 heavy (non-hydrogen) atoms. The van der Waals surface area contributed by atoms with E-state index in [1.165, 1.54) is 0 Å². The fourth-order valence-electron chi connectivity index (χ4n) is 2.04. The van der Waals surface area contributed by atoms with Crippen LogP contribution in [0, 0.1) is 0 Å². The third-order valence-corrected chi connectivity index (χ3v) is 4.12. The van der Waals surface area contributed by atoms with Gasteiger partial charge in [0.05, 0.1) is 27.4 Å². The van der Waals surface area contributed by atoms with Gasteiger partial charge in [0.15, 0.2) is 11.5 Å². The van der Waals surface area contributed by atoms with Crippen molar-refractivity contribution in [1.29, 1.82) is 0 Å². The maximum Gasteiger partial charge on any atom is 0.203 e. The van der Waals surface area contributed by atoms with Crippen molar-refractivity contribution in [2.45, 2.75) is 19.5 Å². The molecule has 0 aliphatic carbocycles. The molecule has 5 nitrogen and oxygen atoms in total. The maximum absolute atomic E-state index is 5.36. The van der Waals surface area contributed by atoms with E-state index in [2.05, 4.69) is 17.2 Å². The Morgan fingerprint density at radius 1 is 1.14 bits per heavy atom. The molecule has 0 spiro atoms. The van der Waals surface area contributed by atoms with Crippen molar-refractivity contribution in [1.82, 2.24) is 10.3 Å². The number of ether oxygens (including phenoxy) is 3. The van der Waals surface area contributed by atoms with Crippen LogP contribution in [-0.2, 0) is 6.54 Å². The van der Waals surface area contributed by atoms with Crippen molar-refractivity contribution < 1.29 is 14.2 Å². The molecule has 1 unspecified atom stereocenters. The Labute approximate surface area is 128 Å². The van der Waals surface area contributed by atoms with Crippen LogP contribution in [0.4, 0.5) is 0 Å². The molecule has 0 radical (unpaired) electrons. The average Bonchev–Trinajstić information content (AvgIpc) is 3.05. The number of benzene rings is 1. The largest absolute Gasteiger partial charge is 0.493 e. The van der Waals surface area contributed by atoms with Crippen molar-refractivity contribution in [3.8, 4) is 17.2 Å². The third kappa shape index (κ3) is 3.65. The van der Waals surface area contributed by atoms with Gasteiger partial charge in [-0.05, 0) is 24.6 Å². The Kier molecular flexibility index (Phi) is 5.41. The van der Waals surface area contributed by atoms with Crippen LogP contribution in [0.15, 0.2) is 23.7 Å². The minimum absolute atomic E-state index is 0.198. The molecule has 1 aromatic carbocycles. The van der Waals surface area contributed by atoms with Gasteiger partial charge in [0.1, 0.15) is 5.01 Å². The summed E-state index contributed by atoms with van der Waals surface area (Å²) in [6.45, 7) is 2.79. The number of hydrogen-bond donors (Lipinski definition) is 1. The van der Waals surface area contributed by atoms with Crippen LogP contribution >= 0.6 is 11.3 Å². The van der Waals surface area contributed by atoms with E-state index < -0.39 is 0 Å². The predicted molar refractivity (Wildman–Crippen MR) is 83.5 cm³/mol. The van der Waals surface area contributed by atoms with Gasteiger partial charge in [-0.2, -0.15) is 0 Å². The highest BCUT2D eigenvalue weighted by Gasteiger charge is 2.14. The highest BCUT2D eigenvalue weighted by Crippen LogP contribution is 2.38. The van der Waals surface area contributed by atoms with Crippen molar-refractivity contribution in [2.75, 3.05) is 21.3 Å². The van der Waals surface area contributed by atoms with E-state index in [1.807, 2.05) is 23.7 Å². The predicted octanol–water partition coefficient (Wildman–Crippen LogP) is 3.02. The summed E-state index contributed by atoms with van der Waals surface area (Å²) in [4.78, 5) is 4.31. The molecule has 1 atom stereocenters. The molecule has 0 fully saturated rings. The van der Waals surface area contributed by atoms with E-state index in [1.54, 1.807) is 32.7 Å². The van der Waals surface area contributed by atoms with Gasteiger partial charge >= 0.3 is 0 Å². The van der Waals surface area contributed by atoms with Crippen LogP contribution in [0.25, 0.3) is 0 Å². The zero-order valence-electron chi connectivity index (χ0n) is 12.7. The first-order chi connectivity index (χ1) is 10.2. The first kappa shape index (κ1) is 15.6. The second kappa shape index (κ2) is 7.28. The van der Waals surface area contributed by atoms with Gasteiger partial charge in [0.25, 0.3) is 0 Å². The van der Waals surface area contributed by atoms with Crippen LogP contribution in [0.2, 0.25) is 0 Å². The standard InChI is InChI=1S/C15H20N2O3S/c1-10(15-16-5-6-21-15)17-9-11-7-12(18-2)14(20-4)13(8-11)19-3/h5-8,10,17H,9H2,1-4H3. The Balaban J connectivity index is 2.13. The number of thiazole rings is 1. The smallest absolute Gasteiger partial charge is 0.203 e. The molecule has 0 aliphatic heterocycles. The lowest BCUT2D eigenvalue weighted by Crippen LogP contribution is -2.18. The first-order valence-corrected chi connectivity index (χ1v) is 7.49. The summed E-state index contributed by atoms with van der Waals surface area (Å²) in [6.07, 6.45) is 1.82. The highest BCUT2D eigenvalue weighted by molar-refractivity contribution is 7.09. The second-order valence-corrected chi connectivity index (χ2v) is 5.43. The number of methoxy groups -OCH3 is 3. The van der Waals surface area contributed by atoms with Gasteiger partial charge in [0, 0.05) is 18.1 Å². The SMILES string of the molecule is COc1cc(CNC(C)c2nccs2)cc(OC)c1OC. The molecule has 6 heteroatoms. The third-order valence-electron chi connectivity index (χ3n) is 3.16. The molecule has 1 N–H and O–H groups in total. The molecule has 1 heterocycles. The number of nitrogens with one attached hydrogen (secondary N) is 1. The van der Waals surface area contributed by atoms with Crippen LogP contribution in [0.1, 0.15) is 23.5 Å². The summed E-state index contributed by atoms with van der Waals surface area (Å²) in [6, 6.07) is 4.09. The quantitative estimate of drug-likeness (QED) is 0.852. The summed E-state index contributed by atoms with van der Waals surface area (Å²) in [5.74, 6) is 1.93. The minimum atomic E-state index is 0.198. The van der Waals surface area contributed by atoms with E-state index in [0.717, 1.165) is 10.6 Å². The number of nitrogens with zero attached hydrogens (tertiary/aromatic N) is 1. The summed E-state index contributed by atoms with van der Waals surface area (Å²) < 4.78 is 16.0. The second-order valence-electron chi connectivity index (χ2n) is 4.51. The molecule has 0 amide bonds. The molecule has 0 saturated heterocycles. The zero-order valence-corrected chi connectivity index (χ0v) is 13.5. The summed E-state index contributed by atoms with van der Waals surface area (Å²) in [5, 5.41) is 6.49. The van der Waals surface area contributed by atoms with E-state index in [-0.39, 0.29) is 6.04 Å². The Bertz CT molecular complexity index is 547. The molecule has 1 aromatic heterocycles. The van der Waals surface area contributed by atoms with E-state index in [9.17, 15) is 0 Å². The highest BCUT2D eigenvalue weighted by atomic mass is 32.1. The van der Waals surface area contributed by atoms with Gasteiger partial charge in [-0.3, -0.25) is 0 Å². The lowest BCUT2D eigenvalue weighted by Gasteiger charge is -2.16. The molecule has 2 rings (SSSR count). The van der Waals surface area contributed by atoms with Crippen molar-refractivity contribution in [2.24, 2.45) is 0 Å². The number of hydrogen-bond acceptors (Lipinski definition) is 6. The van der Waals surface area contributed by atoms with Crippen LogP contribution in [-0.4, -0.2) is 26.3 Å². The molecule has 0 saturated carbocycles.